The summed E-state index contributed by atoms with van der Waals surface area (Å²) in [7, 11) is -2.86. The summed E-state index contributed by atoms with van der Waals surface area (Å²) in [6.07, 6.45) is -4.67. The van der Waals surface area contributed by atoms with Gasteiger partial charge in [0.2, 0.25) is 0 Å². The van der Waals surface area contributed by atoms with E-state index in [2.05, 4.69) is 48.0 Å². The molecule has 0 aliphatic rings. The fourth-order valence-electron chi connectivity index (χ4n) is 4.42. The zero-order valence-electron chi connectivity index (χ0n) is 19.2. The molecule has 4 aromatic carbocycles. The maximum Gasteiger partial charge on any atom is 0 e. The fraction of sp³-hybridized carbons (Fsp3) is 0.0333. The number of hydrogen-bond acceptors (Lipinski definition) is 2. The summed E-state index contributed by atoms with van der Waals surface area (Å²) in [5.41, 5.74) is 1.81. The van der Waals surface area contributed by atoms with Gasteiger partial charge in [0.1, 0.15) is 0 Å². The molecule has 0 saturated carbocycles. The van der Waals surface area contributed by atoms with Crippen molar-refractivity contribution < 1.29 is 40.0 Å². The number of halogens is 3. The molecule has 0 unspecified atom stereocenters. The molecule has 2 nitrogen and oxygen atoms in total. The van der Waals surface area contributed by atoms with Crippen LogP contribution in [0.25, 0.3) is 11.0 Å². The third-order valence-electron chi connectivity index (χ3n) is 6.06. The van der Waals surface area contributed by atoms with E-state index in [1.54, 1.807) is 0 Å². The second-order valence-electron chi connectivity index (χ2n) is 8.29. The molecule has 0 bridgehead atoms. The molecule has 5 aromatic rings. The third kappa shape index (κ3) is 5.34. The predicted octanol–water partition coefficient (Wildman–Crippen LogP) is 5.84. The Kier molecular flexibility index (Phi) is 7.87. The van der Waals surface area contributed by atoms with Crippen LogP contribution in [0.4, 0.5) is 13.2 Å². The number of benzene rings is 4. The van der Waals surface area contributed by atoms with Crippen molar-refractivity contribution in [2.45, 2.75) is 6.18 Å². The first kappa shape index (κ1) is 26.7. The van der Waals surface area contributed by atoms with Crippen LogP contribution in [0.5, 0.6) is 0 Å². The van der Waals surface area contributed by atoms with Crippen molar-refractivity contribution in [3.05, 3.63) is 137 Å². The molecule has 0 atom stereocenters. The molecule has 7 heteroatoms. The van der Waals surface area contributed by atoms with E-state index in [0.717, 1.165) is 15.9 Å². The molecule has 0 spiro atoms. The number of hydrogen-bond donors (Lipinski definition) is 0. The van der Waals surface area contributed by atoms with Gasteiger partial charge in [-0.2, -0.15) is 0 Å². The van der Waals surface area contributed by atoms with Crippen molar-refractivity contribution in [2.75, 3.05) is 0 Å². The van der Waals surface area contributed by atoms with Crippen molar-refractivity contribution in [2.24, 2.45) is 0 Å². The summed E-state index contributed by atoms with van der Waals surface area (Å²) in [6, 6.07) is 34.9. The Bertz CT molecular complexity index is 1540. The quantitative estimate of drug-likeness (QED) is 0.103. The van der Waals surface area contributed by atoms with Crippen molar-refractivity contribution in [3.8, 4) is 11.6 Å². The zero-order chi connectivity index (χ0) is 25.2. The number of fused-ring (bicyclic) bond motifs is 1. The third-order valence-corrected chi connectivity index (χ3v) is 10.2. The van der Waals surface area contributed by atoms with Gasteiger partial charge < -0.3 is 0 Å². The van der Waals surface area contributed by atoms with Crippen molar-refractivity contribution in [1.29, 1.82) is 0 Å². The first-order valence-electron chi connectivity index (χ1n) is 11.2. The minimum Gasteiger partial charge on any atom is 0 e. The molecule has 1 radical (unpaired) electrons. The van der Waals surface area contributed by atoms with Crippen molar-refractivity contribution in [3.63, 3.8) is 0 Å². The van der Waals surface area contributed by atoms with Crippen LogP contribution in [0, 0.1) is 11.6 Å². The van der Waals surface area contributed by atoms with Gasteiger partial charge in [-0.3, -0.25) is 0 Å². The summed E-state index contributed by atoms with van der Waals surface area (Å²) < 4.78 is 45.5. The summed E-state index contributed by atoms with van der Waals surface area (Å²) in [4.78, 5) is 11.8. The van der Waals surface area contributed by atoms with E-state index in [0.29, 0.717) is 11.6 Å². The van der Waals surface area contributed by atoms with Gasteiger partial charge in [0.15, 0.2) is 0 Å². The van der Waals surface area contributed by atoms with Crippen LogP contribution in [0.15, 0.2) is 124 Å². The first-order valence-corrected chi connectivity index (χ1v) is 13.2. The molecule has 0 fully saturated rings. The molecule has 1 aromatic heterocycles. The molecule has 0 saturated heterocycles. The second-order valence-corrected chi connectivity index (χ2v) is 11.8. The summed E-state index contributed by atoms with van der Waals surface area (Å²) in [5.74, 6) is 3.22. The van der Waals surface area contributed by atoms with Gasteiger partial charge in [-0.1, -0.05) is 0 Å². The van der Waals surface area contributed by atoms with Crippen LogP contribution in [0.1, 0.15) is 11.1 Å². The fourth-order valence-corrected chi connectivity index (χ4v) is 8.26. The van der Waals surface area contributed by atoms with Crippen LogP contribution in [-0.4, -0.2) is 0 Å². The van der Waals surface area contributed by atoms with Crippen LogP contribution >= 0.6 is 7.26 Å². The molecular formula is C30H20AuF3O2P. The van der Waals surface area contributed by atoms with E-state index in [-0.39, 0.29) is 33.3 Å². The van der Waals surface area contributed by atoms with E-state index >= 15 is 0 Å². The predicted molar refractivity (Wildman–Crippen MR) is 141 cm³/mol. The minimum atomic E-state index is -4.67. The van der Waals surface area contributed by atoms with Gasteiger partial charge in [-0.25, -0.2) is 0 Å². The molecule has 37 heavy (non-hydrogen) atoms. The monoisotopic (exact) mass is 697 g/mol. The number of alkyl halides is 3. The first-order chi connectivity index (χ1) is 17.4. The topological polar surface area (TPSA) is 30.2 Å². The largest absolute Gasteiger partial charge is 0 e. The maximum absolute atomic E-state index is 13.5. The van der Waals surface area contributed by atoms with Gasteiger partial charge in [0, 0.05) is 22.4 Å². The minimum absolute atomic E-state index is 0. The van der Waals surface area contributed by atoms with Crippen LogP contribution in [-0.2, 0) is 28.6 Å². The average Bonchev–Trinajstić information content (AvgIpc) is 2.90. The van der Waals surface area contributed by atoms with Crippen LogP contribution in [0.2, 0.25) is 0 Å². The summed E-state index contributed by atoms with van der Waals surface area (Å²) in [6.45, 7) is 0. The zero-order valence-corrected chi connectivity index (χ0v) is 22.4. The van der Waals surface area contributed by atoms with Crippen LogP contribution < -0.4 is 21.5 Å². The smallest absolute Gasteiger partial charge is 0 e. The number of rotatable bonds is 3. The normalized spacial score (nSPS) is 11.8. The molecule has 0 aliphatic heterocycles. The van der Waals surface area contributed by atoms with E-state index in [1.165, 1.54) is 18.2 Å². The van der Waals surface area contributed by atoms with Crippen molar-refractivity contribution >= 4 is 34.1 Å². The molecule has 0 amide bonds. The molecule has 0 N–H and O–H groups in total. The molecular weight excluding hydrogens is 677 g/mol. The Hall–Kier alpha value is -3.39. The van der Waals surface area contributed by atoms with Crippen LogP contribution in [0.3, 0.4) is 0 Å². The van der Waals surface area contributed by atoms with E-state index in [1.807, 2.05) is 54.6 Å². The van der Waals surface area contributed by atoms with E-state index < -0.39 is 24.6 Å². The SMILES string of the molecule is O=c1cc(C(F)(F)F)c2ccc(C#C[PH](c3ccccc3)(c3ccccc3)c3ccccc3)cc2o1.[Au]. The van der Waals surface area contributed by atoms with Gasteiger partial charge in [0.05, 0.1) is 0 Å². The Morgan fingerprint density at radius 3 is 1.62 bits per heavy atom. The Labute approximate surface area is 228 Å². The second kappa shape index (κ2) is 10.9. The summed E-state index contributed by atoms with van der Waals surface area (Å²) >= 11 is 0. The summed E-state index contributed by atoms with van der Waals surface area (Å²) in [5, 5.41) is 3.08. The van der Waals surface area contributed by atoms with Gasteiger partial charge in [-0.15, -0.1) is 0 Å². The molecule has 189 valence electrons. The van der Waals surface area contributed by atoms with E-state index in [4.69, 9.17) is 4.42 Å². The Morgan fingerprint density at radius 1 is 0.676 bits per heavy atom. The van der Waals surface area contributed by atoms with Gasteiger partial charge in [0.25, 0.3) is 0 Å². The van der Waals surface area contributed by atoms with Gasteiger partial charge >= 0.3 is 206 Å². The molecule has 0 aliphatic carbocycles. The van der Waals surface area contributed by atoms with Gasteiger partial charge in [-0.05, 0) is 0 Å². The standard InChI is InChI=1S/C30H20F3O2P.Au/c31-30(32,33)27-21-29(34)35-28-20-22(16-17-26(27)28)18-19-36(23-10-4-1-5-11-23,24-12-6-2-7-13-24)25-14-8-3-9-15-25;/h1-17,20-21,36H;. The molecule has 1 heterocycles. The average molecular weight is 697 g/mol. The van der Waals surface area contributed by atoms with E-state index in [9.17, 15) is 18.0 Å². The van der Waals surface area contributed by atoms with Crippen molar-refractivity contribution in [1.82, 2.24) is 0 Å². The Balaban J connectivity index is 0.00000320. The molecule has 5 rings (SSSR count). The maximum atomic E-state index is 13.5. The Morgan fingerprint density at radius 2 is 1.16 bits per heavy atom.